The number of rotatable bonds is 4. The first kappa shape index (κ1) is 18.8. The van der Waals surface area contributed by atoms with E-state index < -0.39 is 29.7 Å². The first-order valence-corrected chi connectivity index (χ1v) is 8.40. The molecule has 0 spiro atoms. The zero-order chi connectivity index (χ0) is 19.6. The molecule has 1 aliphatic heterocycles. The lowest BCUT2D eigenvalue weighted by Crippen LogP contribution is -2.43. The summed E-state index contributed by atoms with van der Waals surface area (Å²) in [6, 6.07) is 10.8. The highest BCUT2D eigenvalue weighted by Crippen LogP contribution is 2.38. The monoisotopic (exact) mass is 377 g/mol. The molecule has 3 amide bonds. The quantitative estimate of drug-likeness (QED) is 0.854. The highest BCUT2D eigenvalue weighted by molar-refractivity contribution is 5.99. The number of nitrogens with one attached hydrogen (secondary N) is 2. The van der Waals surface area contributed by atoms with E-state index in [-0.39, 0.29) is 17.8 Å². The topological polar surface area (TPSA) is 61.4 Å². The predicted molar refractivity (Wildman–Crippen MR) is 95.1 cm³/mol. The normalized spacial score (nSPS) is 15.4. The molecular formula is C19H18F3N3O2. The Balaban J connectivity index is 1.86. The van der Waals surface area contributed by atoms with Gasteiger partial charge in [0.1, 0.15) is 6.04 Å². The molecule has 5 nitrogen and oxygen atoms in total. The van der Waals surface area contributed by atoms with Gasteiger partial charge in [0.15, 0.2) is 0 Å². The number of carbonyl (C=O) groups excluding carboxylic acids is 2. The standard InChI is InChI=1S/C19H18F3N3O2/c1-12(17(26)25-10-9-23-18(25)27)24-14-7-8-15(13-5-3-2-4-6-13)16(11-14)19(20,21)22/h2-8,11-12,24H,9-10H2,1H3,(H,23,27)/t12-/m1/s1. The summed E-state index contributed by atoms with van der Waals surface area (Å²) in [7, 11) is 0. The number of amides is 3. The lowest BCUT2D eigenvalue weighted by atomic mass is 9.98. The van der Waals surface area contributed by atoms with Crippen LogP contribution >= 0.6 is 0 Å². The molecule has 0 unspecified atom stereocenters. The second kappa shape index (κ2) is 7.30. The van der Waals surface area contributed by atoms with Crippen LogP contribution in [0.1, 0.15) is 12.5 Å². The largest absolute Gasteiger partial charge is 0.417 e. The van der Waals surface area contributed by atoms with Crippen LogP contribution in [0.2, 0.25) is 0 Å². The van der Waals surface area contributed by atoms with Crippen LogP contribution in [0, 0.1) is 0 Å². The fraction of sp³-hybridized carbons (Fsp3) is 0.263. The van der Waals surface area contributed by atoms with Crippen molar-refractivity contribution in [2.24, 2.45) is 0 Å². The van der Waals surface area contributed by atoms with Gasteiger partial charge in [-0.25, -0.2) is 4.79 Å². The SMILES string of the molecule is C[C@@H](Nc1ccc(-c2ccccc2)c(C(F)(F)F)c1)C(=O)N1CCNC1=O. The molecule has 27 heavy (non-hydrogen) atoms. The third-order valence-electron chi connectivity index (χ3n) is 4.29. The van der Waals surface area contributed by atoms with Gasteiger partial charge in [0, 0.05) is 18.8 Å². The van der Waals surface area contributed by atoms with Crippen LogP contribution in [0.15, 0.2) is 48.5 Å². The van der Waals surface area contributed by atoms with E-state index in [9.17, 15) is 22.8 Å². The van der Waals surface area contributed by atoms with Gasteiger partial charge in [0.05, 0.1) is 5.56 Å². The summed E-state index contributed by atoms with van der Waals surface area (Å²) in [6.07, 6.45) is -4.55. The number of hydrogen-bond donors (Lipinski definition) is 2. The molecule has 0 aliphatic carbocycles. The Morgan fingerprint density at radius 3 is 2.48 bits per heavy atom. The van der Waals surface area contributed by atoms with E-state index in [1.165, 1.54) is 19.1 Å². The summed E-state index contributed by atoms with van der Waals surface area (Å²) in [4.78, 5) is 24.9. The Labute approximate surface area is 154 Å². The minimum absolute atomic E-state index is 0.0616. The van der Waals surface area contributed by atoms with Gasteiger partial charge in [0.25, 0.3) is 5.91 Å². The first-order valence-electron chi connectivity index (χ1n) is 8.40. The molecule has 1 fully saturated rings. The third kappa shape index (κ3) is 4.05. The van der Waals surface area contributed by atoms with Crippen LogP contribution in [-0.2, 0) is 11.0 Å². The number of imide groups is 1. The number of alkyl halides is 3. The van der Waals surface area contributed by atoms with Crippen LogP contribution in [0.4, 0.5) is 23.7 Å². The van der Waals surface area contributed by atoms with Gasteiger partial charge in [-0.3, -0.25) is 9.69 Å². The van der Waals surface area contributed by atoms with E-state index in [0.717, 1.165) is 11.0 Å². The molecule has 0 aromatic heterocycles. The molecule has 2 aromatic carbocycles. The maximum absolute atomic E-state index is 13.6. The average Bonchev–Trinajstić information content (AvgIpc) is 3.07. The van der Waals surface area contributed by atoms with Gasteiger partial charge in [-0.05, 0) is 30.2 Å². The molecular weight excluding hydrogens is 359 g/mol. The molecule has 2 N–H and O–H groups in total. The van der Waals surface area contributed by atoms with Crippen molar-refractivity contribution < 1.29 is 22.8 Å². The summed E-state index contributed by atoms with van der Waals surface area (Å²) in [5, 5.41) is 5.27. The van der Waals surface area contributed by atoms with Crippen molar-refractivity contribution in [3.8, 4) is 11.1 Å². The van der Waals surface area contributed by atoms with E-state index >= 15 is 0 Å². The molecule has 3 rings (SSSR count). The number of carbonyl (C=O) groups is 2. The van der Waals surface area contributed by atoms with E-state index in [0.29, 0.717) is 12.1 Å². The Morgan fingerprint density at radius 1 is 1.19 bits per heavy atom. The second-order valence-electron chi connectivity index (χ2n) is 6.21. The highest BCUT2D eigenvalue weighted by atomic mass is 19.4. The summed E-state index contributed by atoms with van der Waals surface area (Å²) in [6.45, 7) is 2.11. The van der Waals surface area contributed by atoms with Crippen molar-refractivity contribution in [3.05, 3.63) is 54.1 Å². The Morgan fingerprint density at radius 2 is 1.89 bits per heavy atom. The molecule has 1 saturated heterocycles. The summed E-state index contributed by atoms with van der Waals surface area (Å²) in [5.41, 5.74) is -0.125. The van der Waals surface area contributed by atoms with Crippen molar-refractivity contribution in [3.63, 3.8) is 0 Å². The van der Waals surface area contributed by atoms with Crippen LogP contribution in [0.3, 0.4) is 0 Å². The fourth-order valence-corrected chi connectivity index (χ4v) is 2.97. The zero-order valence-electron chi connectivity index (χ0n) is 14.5. The lowest BCUT2D eigenvalue weighted by Gasteiger charge is -2.21. The molecule has 1 aliphatic rings. The van der Waals surface area contributed by atoms with Crippen molar-refractivity contribution >= 4 is 17.6 Å². The fourth-order valence-electron chi connectivity index (χ4n) is 2.97. The molecule has 8 heteroatoms. The average molecular weight is 377 g/mol. The van der Waals surface area contributed by atoms with Gasteiger partial charge in [0.2, 0.25) is 0 Å². The molecule has 1 heterocycles. The predicted octanol–water partition coefficient (Wildman–Crippen LogP) is 3.72. The summed E-state index contributed by atoms with van der Waals surface area (Å²) in [5.74, 6) is -0.495. The van der Waals surface area contributed by atoms with Crippen molar-refractivity contribution in [2.75, 3.05) is 18.4 Å². The van der Waals surface area contributed by atoms with Crippen molar-refractivity contribution in [1.82, 2.24) is 10.2 Å². The summed E-state index contributed by atoms with van der Waals surface area (Å²) >= 11 is 0. The zero-order valence-corrected chi connectivity index (χ0v) is 14.5. The Hall–Kier alpha value is -3.03. The maximum Gasteiger partial charge on any atom is 0.417 e. The number of anilines is 1. The molecule has 2 aromatic rings. The molecule has 0 radical (unpaired) electrons. The van der Waals surface area contributed by atoms with Crippen LogP contribution in [0.25, 0.3) is 11.1 Å². The minimum Gasteiger partial charge on any atom is -0.374 e. The smallest absolute Gasteiger partial charge is 0.374 e. The number of hydrogen-bond acceptors (Lipinski definition) is 3. The number of halogens is 3. The van der Waals surface area contributed by atoms with E-state index in [4.69, 9.17) is 0 Å². The van der Waals surface area contributed by atoms with E-state index in [1.54, 1.807) is 30.3 Å². The van der Waals surface area contributed by atoms with Gasteiger partial charge in [-0.15, -0.1) is 0 Å². The van der Waals surface area contributed by atoms with E-state index in [2.05, 4.69) is 10.6 Å². The second-order valence-corrected chi connectivity index (χ2v) is 6.21. The van der Waals surface area contributed by atoms with Crippen LogP contribution in [-0.4, -0.2) is 36.0 Å². The van der Waals surface area contributed by atoms with Crippen LogP contribution < -0.4 is 10.6 Å². The highest BCUT2D eigenvalue weighted by Gasteiger charge is 2.34. The number of urea groups is 1. The Kier molecular flexibility index (Phi) is 5.07. The maximum atomic E-state index is 13.6. The molecule has 142 valence electrons. The van der Waals surface area contributed by atoms with Gasteiger partial charge in [-0.2, -0.15) is 13.2 Å². The number of nitrogens with zero attached hydrogens (tertiary/aromatic N) is 1. The first-order chi connectivity index (χ1) is 12.8. The molecule has 0 saturated carbocycles. The summed E-state index contributed by atoms with van der Waals surface area (Å²) < 4.78 is 40.7. The molecule has 1 atom stereocenters. The van der Waals surface area contributed by atoms with Crippen molar-refractivity contribution in [1.29, 1.82) is 0 Å². The molecule has 0 bridgehead atoms. The van der Waals surface area contributed by atoms with E-state index in [1.807, 2.05) is 0 Å². The lowest BCUT2D eigenvalue weighted by molar-refractivity contribution is -0.137. The van der Waals surface area contributed by atoms with Gasteiger partial charge in [-0.1, -0.05) is 36.4 Å². The Bertz CT molecular complexity index is 853. The minimum atomic E-state index is -4.55. The van der Waals surface area contributed by atoms with Gasteiger partial charge >= 0.3 is 12.2 Å². The number of benzene rings is 2. The third-order valence-corrected chi connectivity index (χ3v) is 4.29. The van der Waals surface area contributed by atoms with Crippen molar-refractivity contribution in [2.45, 2.75) is 19.1 Å². The van der Waals surface area contributed by atoms with Crippen LogP contribution in [0.5, 0.6) is 0 Å². The van der Waals surface area contributed by atoms with Gasteiger partial charge < -0.3 is 10.6 Å².